The number of carboxylic acid groups (broad SMARTS) is 1. The molecule has 0 fully saturated rings. The Kier molecular flexibility index (Phi) is 3.29. The summed E-state index contributed by atoms with van der Waals surface area (Å²) in [7, 11) is 0. The topological polar surface area (TPSA) is 50.4 Å². The van der Waals surface area contributed by atoms with E-state index in [1.54, 1.807) is 6.26 Å². The van der Waals surface area contributed by atoms with Crippen LogP contribution in [0.25, 0.3) is 11.0 Å². The molecule has 0 saturated heterocycles. The molecule has 0 amide bonds. The zero-order valence-electron chi connectivity index (χ0n) is 8.57. The molecule has 1 aromatic carbocycles. The Bertz CT molecular complexity index is 516. The van der Waals surface area contributed by atoms with Gasteiger partial charge in [0.15, 0.2) is 0 Å². The van der Waals surface area contributed by atoms with Crippen LogP contribution in [-0.2, 0) is 11.2 Å². The SMILES string of the molecule is O=C(O)CCCc1ccc2occ(Br)c2c1. The van der Waals surface area contributed by atoms with Crippen LogP contribution < -0.4 is 0 Å². The second-order valence-electron chi connectivity index (χ2n) is 3.66. The minimum atomic E-state index is -0.745. The molecule has 0 aliphatic rings. The van der Waals surface area contributed by atoms with Crippen LogP contribution in [0.3, 0.4) is 0 Å². The van der Waals surface area contributed by atoms with E-state index in [0.717, 1.165) is 27.4 Å². The Morgan fingerprint density at radius 2 is 2.25 bits per heavy atom. The highest BCUT2D eigenvalue weighted by Gasteiger charge is 2.04. The number of hydrogen-bond donors (Lipinski definition) is 1. The molecule has 0 bridgehead atoms. The first-order valence-corrected chi connectivity index (χ1v) is 5.83. The lowest BCUT2D eigenvalue weighted by molar-refractivity contribution is -0.137. The van der Waals surface area contributed by atoms with E-state index < -0.39 is 5.97 Å². The lowest BCUT2D eigenvalue weighted by Gasteiger charge is -1.99. The number of furan rings is 1. The van der Waals surface area contributed by atoms with Gasteiger partial charge in [0.1, 0.15) is 11.8 Å². The molecule has 1 aromatic heterocycles. The van der Waals surface area contributed by atoms with Crippen molar-refractivity contribution in [2.45, 2.75) is 19.3 Å². The quantitative estimate of drug-likeness (QED) is 0.932. The molecule has 0 saturated carbocycles. The highest BCUT2D eigenvalue weighted by Crippen LogP contribution is 2.27. The molecule has 2 rings (SSSR count). The Morgan fingerprint density at radius 1 is 1.44 bits per heavy atom. The van der Waals surface area contributed by atoms with Crippen molar-refractivity contribution in [3.8, 4) is 0 Å². The van der Waals surface area contributed by atoms with Crippen LogP contribution in [0.5, 0.6) is 0 Å². The Balaban J connectivity index is 2.12. The lowest BCUT2D eigenvalue weighted by atomic mass is 10.1. The van der Waals surface area contributed by atoms with Gasteiger partial charge in [-0.2, -0.15) is 0 Å². The molecule has 0 aliphatic carbocycles. The molecule has 84 valence electrons. The maximum atomic E-state index is 10.4. The van der Waals surface area contributed by atoms with Gasteiger partial charge in [-0.15, -0.1) is 0 Å². The zero-order chi connectivity index (χ0) is 11.5. The monoisotopic (exact) mass is 282 g/mol. The Labute approximate surface area is 101 Å². The molecular formula is C12H11BrO3. The van der Waals surface area contributed by atoms with Crippen molar-refractivity contribution in [2.75, 3.05) is 0 Å². The summed E-state index contributed by atoms with van der Waals surface area (Å²) in [5, 5.41) is 9.59. The molecular weight excluding hydrogens is 272 g/mol. The first-order valence-electron chi connectivity index (χ1n) is 5.04. The van der Waals surface area contributed by atoms with Crippen molar-refractivity contribution >= 4 is 32.9 Å². The fourth-order valence-electron chi connectivity index (χ4n) is 1.64. The third-order valence-electron chi connectivity index (χ3n) is 2.45. The molecule has 3 nitrogen and oxygen atoms in total. The molecule has 0 radical (unpaired) electrons. The average molecular weight is 283 g/mol. The maximum absolute atomic E-state index is 10.4. The van der Waals surface area contributed by atoms with E-state index in [1.807, 2.05) is 18.2 Å². The summed E-state index contributed by atoms with van der Waals surface area (Å²) in [5.41, 5.74) is 1.98. The van der Waals surface area contributed by atoms with E-state index in [0.29, 0.717) is 6.42 Å². The molecule has 16 heavy (non-hydrogen) atoms. The Hall–Kier alpha value is -1.29. The van der Waals surface area contributed by atoms with E-state index in [4.69, 9.17) is 9.52 Å². The highest BCUT2D eigenvalue weighted by molar-refractivity contribution is 9.10. The van der Waals surface area contributed by atoms with Crippen molar-refractivity contribution in [1.29, 1.82) is 0 Å². The molecule has 0 aliphatic heterocycles. The minimum Gasteiger partial charge on any atom is -0.481 e. The molecule has 2 aromatic rings. The molecule has 1 N–H and O–H groups in total. The van der Waals surface area contributed by atoms with Gasteiger partial charge < -0.3 is 9.52 Å². The summed E-state index contributed by atoms with van der Waals surface area (Å²) in [6.07, 6.45) is 3.31. The number of carbonyl (C=O) groups is 1. The number of halogens is 1. The molecule has 0 atom stereocenters. The van der Waals surface area contributed by atoms with Crippen molar-refractivity contribution < 1.29 is 14.3 Å². The summed E-state index contributed by atoms with van der Waals surface area (Å²) in [5.74, 6) is -0.745. The van der Waals surface area contributed by atoms with Gasteiger partial charge in [0.25, 0.3) is 0 Å². The maximum Gasteiger partial charge on any atom is 0.303 e. The number of aryl methyl sites for hydroxylation is 1. The fraction of sp³-hybridized carbons (Fsp3) is 0.250. The van der Waals surface area contributed by atoms with E-state index >= 15 is 0 Å². The standard InChI is InChI=1S/C12H11BrO3/c13-10-7-16-11-5-4-8(6-9(10)11)2-1-3-12(14)15/h4-7H,1-3H2,(H,14,15). The first kappa shape index (κ1) is 11.2. The largest absolute Gasteiger partial charge is 0.481 e. The van der Waals surface area contributed by atoms with Crippen LogP contribution in [0.1, 0.15) is 18.4 Å². The average Bonchev–Trinajstić information content (AvgIpc) is 2.60. The predicted molar refractivity (Wildman–Crippen MR) is 64.5 cm³/mol. The third kappa shape index (κ3) is 2.44. The van der Waals surface area contributed by atoms with Crippen LogP contribution in [0, 0.1) is 0 Å². The second kappa shape index (κ2) is 4.70. The Morgan fingerprint density at radius 3 is 3.00 bits per heavy atom. The summed E-state index contributed by atoms with van der Waals surface area (Å²) < 4.78 is 6.24. The van der Waals surface area contributed by atoms with Gasteiger partial charge >= 0.3 is 5.97 Å². The highest BCUT2D eigenvalue weighted by atomic mass is 79.9. The van der Waals surface area contributed by atoms with Gasteiger partial charge in [0, 0.05) is 11.8 Å². The third-order valence-corrected chi connectivity index (χ3v) is 3.06. The van der Waals surface area contributed by atoms with Crippen LogP contribution in [0.4, 0.5) is 0 Å². The van der Waals surface area contributed by atoms with Gasteiger partial charge in [-0.25, -0.2) is 0 Å². The number of benzene rings is 1. The smallest absolute Gasteiger partial charge is 0.303 e. The first-order chi connectivity index (χ1) is 7.66. The van der Waals surface area contributed by atoms with Crippen molar-refractivity contribution in [3.63, 3.8) is 0 Å². The normalized spacial score (nSPS) is 10.8. The molecule has 1 heterocycles. The summed E-state index contributed by atoms with van der Waals surface area (Å²) in [4.78, 5) is 10.4. The number of hydrogen-bond acceptors (Lipinski definition) is 2. The number of fused-ring (bicyclic) bond motifs is 1. The van der Waals surface area contributed by atoms with Crippen LogP contribution in [-0.4, -0.2) is 11.1 Å². The van der Waals surface area contributed by atoms with Crippen molar-refractivity contribution in [1.82, 2.24) is 0 Å². The lowest BCUT2D eigenvalue weighted by Crippen LogP contribution is -1.95. The zero-order valence-corrected chi connectivity index (χ0v) is 10.2. The minimum absolute atomic E-state index is 0.213. The summed E-state index contributed by atoms with van der Waals surface area (Å²) in [6, 6.07) is 5.92. The van der Waals surface area contributed by atoms with Gasteiger partial charge in [-0.05, 0) is 46.5 Å². The van der Waals surface area contributed by atoms with E-state index in [-0.39, 0.29) is 6.42 Å². The van der Waals surface area contributed by atoms with Crippen molar-refractivity contribution in [2.24, 2.45) is 0 Å². The van der Waals surface area contributed by atoms with Crippen LogP contribution in [0.15, 0.2) is 33.4 Å². The van der Waals surface area contributed by atoms with Crippen LogP contribution in [0.2, 0.25) is 0 Å². The van der Waals surface area contributed by atoms with Gasteiger partial charge in [-0.1, -0.05) is 6.07 Å². The fourth-order valence-corrected chi connectivity index (χ4v) is 2.05. The van der Waals surface area contributed by atoms with E-state index in [9.17, 15) is 4.79 Å². The van der Waals surface area contributed by atoms with Gasteiger partial charge in [-0.3, -0.25) is 4.79 Å². The van der Waals surface area contributed by atoms with Gasteiger partial charge in [0.2, 0.25) is 0 Å². The van der Waals surface area contributed by atoms with Gasteiger partial charge in [0.05, 0.1) is 4.47 Å². The molecule has 4 heteroatoms. The molecule has 0 unspecified atom stereocenters. The van der Waals surface area contributed by atoms with E-state index in [1.165, 1.54) is 0 Å². The summed E-state index contributed by atoms with van der Waals surface area (Å²) in [6.45, 7) is 0. The number of aliphatic carboxylic acids is 1. The number of carboxylic acids is 1. The number of rotatable bonds is 4. The second-order valence-corrected chi connectivity index (χ2v) is 4.52. The molecule has 0 spiro atoms. The van der Waals surface area contributed by atoms with Crippen molar-refractivity contribution in [3.05, 3.63) is 34.5 Å². The summed E-state index contributed by atoms with van der Waals surface area (Å²) >= 11 is 3.40. The van der Waals surface area contributed by atoms with Crippen LogP contribution >= 0.6 is 15.9 Å². The van der Waals surface area contributed by atoms with E-state index in [2.05, 4.69) is 15.9 Å². The predicted octanol–water partition coefficient (Wildman–Crippen LogP) is 3.60.